The van der Waals surface area contributed by atoms with Gasteiger partial charge < -0.3 is 9.80 Å². The molecule has 2 aromatic rings. The monoisotopic (exact) mass is 392 g/mol. The number of aryl methyl sites for hydroxylation is 2. The van der Waals surface area contributed by atoms with Crippen molar-refractivity contribution in [3.63, 3.8) is 0 Å². The Kier molecular flexibility index (Phi) is 7.08. The molecule has 1 heterocycles. The molecule has 0 aromatic heterocycles. The Bertz CT molecular complexity index is 839. The van der Waals surface area contributed by atoms with Gasteiger partial charge in [0.15, 0.2) is 0 Å². The van der Waals surface area contributed by atoms with Gasteiger partial charge in [-0.15, -0.1) is 0 Å². The molecule has 0 unspecified atom stereocenters. The van der Waals surface area contributed by atoms with E-state index >= 15 is 0 Å². The summed E-state index contributed by atoms with van der Waals surface area (Å²) in [6.07, 6.45) is 3.56. The minimum Gasteiger partial charge on any atom is -0.343 e. The summed E-state index contributed by atoms with van der Waals surface area (Å²) in [5, 5.41) is 0. The van der Waals surface area contributed by atoms with Crippen molar-refractivity contribution in [3.05, 3.63) is 65.2 Å². The average molecular weight is 393 g/mol. The van der Waals surface area contributed by atoms with Crippen molar-refractivity contribution in [1.29, 1.82) is 0 Å². The first-order valence-corrected chi connectivity index (χ1v) is 10.6. The van der Waals surface area contributed by atoms with E-state index in [1.807, 2.05) is 36.1 Å². The third-order valence-electron chi connectivity index (χ3n) is 6.07. The highest BCUT2D eigenvalue weighted by molar-refractivity contribution is 5.92. The van der Waals surface area contributed by atoms with Crippen LogP contribution in [0.5, 0.6) is 0 Å². The zero-order chi connectivity index (χ0) is 20.8. The van der Waals surface area contributed by atoms with Crippen LogP contribution >= 0.6 is 0 Å². The summed E-state index contributed by atoms with van der Waals surface area (Å²) in [7, 11) is 0. The van der Waals surface area contributed by atoms with E-state index in [2.05, 4.69) is 31.2 Å². The number of piperidine rings is 1. The molecule has 0 bridgehead atoms. The fourth-order valence-electron chi connectivity index (χ4n) is 4.06. The second kappa shape index (κ2) is 9.73. The quantitative estimate of drug-likeness (QED) is 0.725. The smallest absolute Gasteiger partial charge is 0.224 e. The van der Waals surface area contributed by atoms with Crippen LogP contribution in [0, 0.1) is 19.8 Å². The third-order valence-corrected chi connectivity index (χ3v) is 6.07. The highest BCUT2D eigenvalue weighted by Crippen LogP contribution is 2.23. The van der Waals surface area contributed by atoms with E-state index in [1.54, 1.807) is 11.8 Å². The van der Waals surface area contributed by atoms with Crippen LogP contribution in [0.3, 0.4) is 0 Å². The van der Waals surface area contributed by atoms with E-state index in [4.69, 9.17) is 0 Å². The lowest BCUT2D eigenvalue weighted by Crippen LogP contribution is -2.41. The fraction of sp³-hybridized carbons (Fsp3) is 0.440. The Labute approximate surface area is 174 Å². The first kappa shape index (κ1) is 21.1. The molecular formula is C25H32N2O2. The zero-order valence-corrected chi connectivity index (χ0v) is 17.9. The van der Waals surface area contributed by atoms with Crippen LogP contribution in [-0.2, 0) is 16.0 Å². The maximum Gasteiger partial charge on any atom is 0.224 e. The maximum absolute atomic E-state index is 12.7. The summed E-state index contributed by atoms with van der Waals surface area (Å²) in [6.45, 7) is 7.74. The third kappa shape index (κ3) is 5.69. The fourth-order valence-corrected chi connectivity index (χ4v) is 4.06. The molecule has 4 heteroatoms. The lowest BCUT2D eigenvalue weighted by molar-refractivity contribution is -0.132. The summed E-state index contributed by atoms with van der Waals surface area (Å²) in [5.41, 5.74) is 4.60. The van der Waals surface area contributed by atoms with Crippen LogP contribution < -0.4 is 4.90 Å². The number of nitrogens with zero attached hydrogens (tertiary/aromatic N) is 2. The van der Waals surface area contributed by atoms with Crippen molar-refractivity contribution in [1.82, 2.24) is 4.90 Å². The van der Waals surface area contributed by atoms with Crippen molar-refractivity contribution in [2.45, 2.75) is 46.5 Å². The minimum atomic E-state index is -0.0253. The van der Waals surface area contributed by atoms with E-state index in [0.29, 0.717) is 18.9 Å². The molecule has 2 amide bonds. The predicted molar refractivity (Wildman–Crippen MR) is 118 cm³/mol. The molecule has 0 spiro atoms. The number of amides is 2. The summed E-state index contributed by atoms with van der Waals surface area (Å²) >= 11 is 0. The first-order valence-electron chi connectivity index (χ1n) is 10.6. The van der Waals surface area contributed by atoms with Gasteiger partial charge in [-0.2, -0.15) is 0 Å². The Hall–Kier alpha value is -2.62. The average Bonchev–Trinajstić information content (AvgIpc) is 2.71. The molecule has 0 N–H and O–H groups in total. The Morgan fingerprint density at radius 1 is 1.00 bits per heavy atom. The Morgan fingerprint density at radius 2 is 1.69 bits per heavy atom. The molecule has 3 rings (SSSR count). The van der Waals surface area contributed by atoms with Gasteiger partial charge in [0.25, 0.3) is 0 Å². The number of anilines is 1. The molecule has 154 valence electrons. The number of likely N-dealkylation sites (tertiary alicyclic amines) is 1. The van der Waals surface area contributed by atoms with Gasteiger partial charge in [-0.05, 0) is 67.9 Å². The van der Waals surface area contributed by atoms with E-state index in [0.717, 1.165) is 43.6 Å². The van der Waals surface area contributed by atoms with Gasteiger partial charge in [0.05, 0.1) is 0 Å². The Morgan fingerprint density at radius 3 is 2.31 bits per heavy atom. The molecular weight excluding hydrogens is 360 g/mol. The molecule has 1 saturated heterocycles. The van der Waals surface area contributed by atoms with E-state index in [9.17, 15) is 9.59 Å². The highest BCUT2D eigenvalue weighted by Gasteiger charge is 2.24. The van der Waals surface area contributed by atoms with Gasteiger partial charge in [-0.25, -0.2) is 0 Å². The van der Waals surface area contributed by atoms with E-state index in [-0.39, 0.29) is 11.8 Å². The summed E-state index contributed by atoms with van der Waals surface area (Å²) in [6, 6.07) is 16.6. The van der Waals surface area contributed by atoms with Crippen molar-refractivity contribution in [2.24, 2.45) is 5.92 Å². The van der Waals surface area contributed by atoms with Gasteiger partial charge in [-0.3, -0.25) is 9.59 Å². The summed E-state index contributed by atoms with van der Waals surface area (Å²) < 4.78 is 0. The summed E-state index contributed by atoms with van der Waals surface area (Å²) in [4.78, 5) is 28.6. The highest BCUT2D eigenvalue weighted by atomic mass is 16.2. The number of carbonyl (C=O) groups is 2. The van der Waals surface area contributed by atoms with Crippen molar-refractivity contribution in [2.75, 3.05) is 24.5 Å². The number of rotatable bonds is 6. The second-order valence-corrected chi connectivity index (χ2v) is 8.20. The lowest BCUT2D eigenvalue weighted by Gasteiger charge is -2.33. The topological polar surface area (TPSA) is 40.6 Å². The Balaban J connectivity index is 1.50. The SMILES string of the molecule is CC(=O)N(CCC(=O)N1CCC(Cc2ccccc2)CC1)c1ccc(C)c(C)c1. The maximum atomic E-state index is 12.7. The van der Waals surface area contributed by atoms with Gasteiger partial charge in [0.2, 0.25) is 11.8 Å². The largest absolute Gasteiger partial charge is 0.343 e. The van der Waals surface area contributed by atoms with Crippen LogP contribution in [0.4, 0.5) is 5.69 Å². The molecule has 0 aliphatic carbocycles. The van der Waals surface area contributed by atoms with Gasteiger partial charge in [0.1, 0.15) is 0 Å². The zero-order valence-electron chi connectivity index (χ0n) is 17.9. The molecule has 1 aliphatic heterocycles. The molecule has 4 nitrogen and oxygen atoms in total. The molecule has 1 fully saturated rings. The molecule has 1 aliphatic rings. The van der Waals surface area contributed by atoms with E-state index < -0.39 is 0 Å². The van der Waals surface area contributed by atoms with Gasteiger partial charge in [-0.1, -0.05) is 36.4 Å². The number of hydrogen-bond acceptors (Lipinski definition) is 2. The van der Waals surface area contributed by atoms with Crippen LogP contribution in [-0.4, -0.2) is 36.3 Å². The normalized spacial score (nSPS) is 14.7. The van der Waals surface area contributed by atoms with Crippen LogP contribution in [0.25, 0.3) is 0 Å². The molecule has 0 saturated carbocycles. The second-order valence-electron chi connectivity index (χ2n) is 8.20. The number of carbonyl (C=O) groups excluding carboxylic acids is 2. The van der Waals surface area contributed by atoms with Gasteiger partial charge in [0, 0.05) is 38.7 Å². The number of hydrogen-bond donors (Lipinski definition) is 0. The van der Waals surface area contributed by atoms with E-state index in [1.165, 1.54) is 11.1 Å². The molecule has 0 radical (unpaired) electrons. The molecule has 29 heavy (non-hydrogen) atoms. The minimum absolute atomic E-state index is 0.0253. The van der Waals surface area contributed by atoms with Crippen molar-refractivity contribution < 1.29 is 9.59 Å². The first-order chi connectivity index (χ1) is 13.9. The molecule has 2 aromatic carbocycles. The molecule has 0 atom stereocenters. The van der Waals surface area contributed by atoms with Crippen molar-refractivity contribution >= 4 is 17.5 Å². The van der Waals surface area contributed by atoms with Crippen LogP contribution in [0.1, 0.15) is 42.9 Å². The standard InChI is InChI=1S/C25H32N2O2/c1-19-9-10-24(17-20(19)2)27(21(3)28)16-13-25(29)26-14-11-23(12-15-26)18-22-7-5-4-6-8-22/h4-10,17,23H,11-16,18H2,1-3H3. The lowest BCUT2D eigenvalue weighted by atomic mass is 9.90. The van der Waals surface area contributed by atoms with Gasteiger partial charge >= 0.3 is 0 Å². The van der Waals surface area contributed by atoms with Crippen molar-refractivity contribution in [3.8, 4) is 0 Å². The van der Waals surface area contributed by atoms with Crippen LogP contribution in [0.15, 0.2) is 48.5 Å². The van der Waals surface area contributed by atoms with Crippen LogP contribution in [0.2, 0.25) is 0 Å². The predicted octanol–water partition coefficient (Wildman–Crippen LogP) is 4.53. The number of benzene rings is 2. The summed E-state index contributed by atoms with van der Waals surface area (Å²) in [5.74, 6) is 0.770.